The fourth-order valence-electron chi connectivity index (χ4n) is 2.54. The van der Waals surface area contributed by atoms with Gasteiger partial charge in [0.25, 0.3) is 5.91 Å². The third-order valence-corrected chi connectivity index (χ3v) is 4.13. The molecule has 0 saturated heterocycles. The first-order valence-electron chi connectivity index (χ1n) is 8.85. The molecule has 0 fully saturated rings. The van der Waals surface area contributed by atoms with Crippen molar-refractivity contribution >= 4 is 46.2 Å². The van der Waals surface area contributed by atoms with Gasteiger partial charge in [-0.2, -0.15) is 0 Å². The summed E-state index contributed by atoms with van der Waals surface area (Å²) in [5, 5.41) is 5.91. The summed E-state index contributed by atoms with van der Waals surface area (Å²) < 4.78 is 0. The van der Waals surface area contributed by atoms with Crippen molar-refractivity contribution < 1.29 is 9.59 Å². The van der Waals surface area contributed by atoms with Gasteiger partial charge in [0.15, 0.2) is 0 Å². The van der Waals surface area contributed by atoms with Crippen molar-refractivity contribution in [2.24, 2.45) is 0 Å². The van der Waals surface area contributed by atoms with Crippen molar-refractivity contribution in [2.45, 2.75) is 13.3 Å². The molecule has 0 radical (unpaired) electrons. The van der Waals surface area contributed by atoms with Crippen molar-refractivity contribution in [3.05, 3.63) is 71.0 Å². The Morgan fingerprint density at radius 1 is 1.14 bits per heavy atom. The summed E-state index contributed by atoms with van der Waals surface area (Å²) in [6.45, 7) is 2.51. The van der Waals surface area contributed by atoms with Crippen molar-refractivity contribution in [3.63, 3.8) is 0 Å². The smallest absolute Gasteiger partial charge is 0.253 e. The van der Waals surface area contributed by atoms with Crippen LogP contribution in [-0.4, -0.2) is 28.3 Å². The molecule has 6 nitrogen and oxygen atoms in total. The Morgan fingerprint density at radius 3 is 2.71 bits per heavy atom. The monoisotopic (exact) mass is 394 g/mol. The van der Waals surface area contributed by atoms with Gasteiger partial charge < -0.3 is 10.6 Å². The second-order valence-electron chi connectivity index (χ2n) is 6.05. The number of amides is 2. The van der Waals surface area contributed by atoms with Crippen LogP contribution in [0.3, 0.4) is 0 Å². The number of fused-ring (bicyclic) bond motifs is 1. The van der Waals surface area contributed by atoms with Crippen LogP contribution in [0.15, 0.2) is 54.7 Å². The molecule has 0 spiro atoms. The molecule has 2 amide bonds. The lowest BCUT2D eigenvalue weighted by atomic mass is 10.1. The van der Waals surface area contributed by atoms with Crippen LogP contribution in [0.25, 0.3) is 17.1 Å². The van der Waals surface area contributed by atoms with E-state index in [9.17, 15) is 9.59 Å². The molecule has 0 atom stereocenters. The second kappa shape index (κ2) is 9.10. The largest absolute Gasteiger partial charge is 0.352 e. The van der Waals surface area contributed by atoms with Crippen LogP contribution in [0.1, 0.15) is 29.4 Å². The summed E-state index contributed by atoms with van der Waals surface area (Å²) >= 11 is 6.02. The van der Waals surface area contributed by atoms with E-state index in [0.717, 1.165) is 17.5 Å². The maximum atomic E-state index is 12.3. The molecule has 0 aliphatic heterocycles. The standard InChI is InChI=1S/C21H19ClN4O2/c1-2-11-23-21(28)16-9-7-14(22)12-19(16)26-20(27)10-8-15-13-24-17-5-3-4-6-18(17)25-15/h3-10,12-13H,2,11H2,1H3,(H,23,28)(H,26,27)/b10-8+. The van der Waals surface area contributed by atoms with Crippen molar-refractivity contribution in [1.82, 2.24) is 15.3 Å². The van der Waals surface area contributed by atoms with Crippen LogP contribution < -0.4 is 10.6 Å². The van der Waals surface area contributed by atoms with Gasteiger partial charge in [0.1, 0.15) is 0 Å². The topological polar surface area (TPSA) is 84.0 Å². The third-order valence-electron chi connectivity index (χ3n) is 3.89. The van der Waals surface area contributed by atoms with E-state index in [-0.39, 0.29) is 5.91 Å². The van der Waals surface area contributed by atoms with Gasteiger partial charge in [0.05, 0.1) is 34.2 Å². The summed E-state index contributed by atoms with van der Waals surface area (Å²) in [6, 6.07) is 12.2. The first kappa shape index (κ1) is 19.5. The number of hydrogen-bond acceptors (Lipinski definition) is 4. The predicted molar refractivity (Wildman–Crippen MR) is 111 cm³/mol. The van der Waals surface area contributed by atoms with Crippen LogP contribution in [0, 0.1) is 0 Å². The molecule has 142 valence electrons. The van der Waals surface area contributed by atoms with Crippen molar-refractivity contribution in [2.75, 3.05) is 11.9 Å². The molecule has 1 heterocycles. The number of rotatable bonds is 6. The lowest BCUT2D eigenvalue weighted by Gasteiger charge is -2.10. The van der Waals surface area contributed by atoms with Crippen LogP contribution in [0.5, 0.6) is 0 Å². The lowest BCUT2D eigenvalue weighted by molar-refractivity contribution is -0.111. The molecule has 0 unspecified atom stereocenters. The Hall–Kier alpha value is -3.25. The normalized spacial score (nSPS) is 10.9. The predicted octanol–water partition coefficient (Wildman–Crippen LogP) is 4.07. The molecule has 2 aromatic carbocycles. The summed E-state index contributed by atoms with van der Waals surface area (Å²) in [4.78, 5) is 33.3. The highest BCUT2D eigenvalue weighted by molar-refractivity contribution is 6.31. The highest BCUT2D eigenvalue weighted by atomic mass is 35.5. The molecule has 2 N–H and O–H groups in total. The Labute approximate surface area is 167 Å². The zero-order valence-electron chi connectivity index (χ0n) is 15.3. The zero-order chi connectivity index (χ0) is 19.9. The first-order valence-corrected chi connectivity index (χ1v) is 9.23. The van der Waals surface area contributed by atoms with Crippen molar-refractivity contribution in [3.8, 4) is 0 Å². The molecule has 3 rings (SSSR count). The molecule has 0 aliphatic rings. The summed E-state index contributed by atoms with van der Waals surface area (Å²) in [5.74, 6) is -0.667. The summed E-state index contributed by atoms with van der Waals surface area (Å²) in [7, 11) is 0. The lowest BCUT2D eigenvalue weighted by Crippen LogP contribution is -2.25. The second-order valence-corrected chi connectivity index (χ2v) is 6.49. The van der Waals surface area contributed by atoms with E-state index in [1.807, 2.05) is 31.2 Å². The minimum absolute atomic E-state index is 0.266. The van der Waals surface area contributed by atoms with Gasteiger partial charge >= 0.3 is 0 Å². The van der Waals surface area contributed by atoms with Gasteiger partial charge in [-0.25, -0.2) is 4.98 Å². The Bertz CT molecular complexity index is 1050. The van der Waals surface area contributed by atoms with E-state index in [2.05, 4.69) is 20.6 Å². The number of halogens is 1. The Kier molecular flexibility index (Phi) is 6.34. The van der Waals surface area contributed by atoms with Gasteiger partial charge in [-0.05, 0) is 42.8 Å². The van der Waals surface area contributed by atoms with E-state index >= 15 is 0 Å². The molecule has 1 aromatic heterocycles. The van der Waals surface area contributed by atoms with Crippen LogP contribution in [0.2, 0.25) is 5.02 Å². The van der Waals surface area contributed by atoms with E-state index < -0.39 is 5.91 Å². The fraction of sp³-hybridized carbons (Fsp3) is 0.143. The number of anilines is 1. The quantitative estimate of drug-likeness (QED) is 0.617. The maximum absolute atomic E-state index is 12.3. The summed E-state index contributed by atoms with van der Waals surface area (Å²) in [6.07, 6.45) is 5.31. The molecular formula is C21H19ClN4O2. The molecule has 7 heteroatoms. The van der Waals surface area contributed by atoms with Crippen LogP contribution in [0.4, 0.5) is 5.69 Å². The van der Waals surface area contributed by atoms with E-state index in [0.29, 0.717) is 28.5 Å². The Balaban J connectivity index is 1.75. The molecular weight excluding hydrogens is 376 g/mol. The van der Waals surface area contributed by atoms with Gasteiger partial charge in [-0.1, -0.05) is 30.7 Å². The number of benzene rings is 2. The minimum Gasteiger partial charge on any atom is -0.352 e. The van der Waals surface area contributed by atoms with Crippen LogP contribution >= 0.6 is 11.6 Å². The summed E-state index contributed by atoms with van der Waals surface area (Å²) in [5.41, 5.74) is 2.78. The molecule has 0 bridgehead atoms. The van der Waals surface area contributed by atoms with E-state index in [1.54, 1.807) is 30.5 Å². The number of para-hydroxylation sites is 2. The van der Waals surface area contributed by atoms with Crippen molar-refractivity contribution in [1.29, 1.82) is 0 Å². The molecule has 28 heavy (non-hydrogen) atoms. The first-order chi connectivity index (χ1) is 13.6. The highest BCUT2D eigenvalue weighted by Crippen LogP contribution is 2.21. The van der Waals surface area contributed by atoms with Gasteiger partial charge in [0.2, 0.25) is 5.91 Å². The minimum atomic E-state index is -0.401. The van der Waals surface area contributed by atoms with Crippen LogP contribution in [-0.2, 0) is 4.79 Å². The average molecular weight is 395 g/mol. The zero-order valence-corrected chi connectivity index (χ0v) is 16.0. The molecule has 0 saturated carbocycles. The number of aromatic nitrogens is 2. The number of nitrogens with zero attached hydrogens (tertiary/aromatic N) is 2. The third kappa shape index (κ3) is 4.92. The van der Waals surface area contributed by atoms with E-state index in [4.69, 9.17) is 11.6 Å². The molecule has 3 aromatic rings. The van der Waals surface area contributed by atoms with E-state index in [1.165, 1.54) is 6.08 Å². The number of nitrogens with one attached hydrogen (secondary N) is 2. The number of carbonyl (C=O) groups is 2. The number of carbonyl (C=O) groups excluding carboxylic acids is 2. The average Bonchev–Trinajstić information content (AvgIpc) is 2.70. The Morgan fingerprint density at radius 2 is 1.93 bits per heavy atom. The van der Waals surface area contributed by atoms with Gasteiger partial charge in [-0.15, -0.1) is 0 Å². The SMILES string of the molecule is CCCNC(=O)c1ccc(Cl)cc1NC(=O)/C=C/c1cnc2ccccc2n1. The fourth-order valence-corrected chi connectivity index (χ4v) is 2.71. The highest BCUT2D eigenvalue weighted by Gasteiger charge is 2.13. The number of hydrogen-bond donors (Lipinski definition) is 2. The molecule has 0 aliphatic carbocycles. The van der Waals surface area contributed by atoms with Gasteiger partial charge in [-0.3, -0.25) is 14.6 Å². The maximum Gasteiger partial charge on any atom is 0.253 e. The van der Waals surface area contributed by atoms with Gasteiger partial charge in [0, 0.05) is 17.6 Å².